The first-order valence-corrected chi connectivity index (χ1v) is 6.87. The molecule has 0 aliphatic carbocycles. The zero-order valence-electron chi connectivity index (χ0n) is 12.1. The monoisotopic (exact) mass is 279 g/mol. The first-order chi connectivity index (χ1) is 9.38. The predicted octanol–water partition coefficient (Wildman–Crippen LogP) is 2.53. The molecule has 6 heteroatoms. The summed E-state index contributed by atoms with van der Waals surface area (Å²) in [5.41, 5.74) is 1.05. The van der Waals surface area contributed by atoms with Crippen molar-refractivity contribution in [1.82, 2.24) is 9.88 Å². The number of piperidine rings is 1. The number of urea groups is 1. The molecule has 0 aromatic carbocycles. The minimum Gasteiger partial charge on any atom is -0.477 e. The van der Waals surface area contributed by atoms with Crippen molar-refractivity contribution >= 4 is 17.7 Å². The molecular formula is C14H21N3O3. The Bertz CT molecular complexity index is 524. The SMILES string of the molecule is Cc1cc(NC(=O)N2CCC(C)C(C)C2)c(C(=O)O)[nH]1. The number of carbonyl (C=O) groups is 2. The van der Waals surface area contributed by atoms with E-state index in [0.29, 0.717) is 36.3 Å². The van der Waals surface area contributed by atoms with Gasteiger partial charge in [0.25, 0.3) is 0 Å². The van der Waals surface area contributed by atoms with Crippen LogP contribution < -0.4 is 5.32 Å². The van der Waals surface area contributed by atoms with Crippen molar-refractivity contribution in [2.24, 2.45) is 11.8 Å². The summed E-state index contributed by atoms with van der Waals surface area (Å²) in [5.74, 6) is -0.00132. The second-order valence-electron chi connectivity index (χ2n) is 5.67. The van der Waals surface area contributed by atoms with E-state index < -0.39 is 5.97 Å². The lowest BCUT2D eigenvalue weighted by Crippen LogP contribution is -2.44. The number of carboxylic acids is 1. The third kappa shape index (κ3) is 2.95. The molecule has 1 fully saturated rings. The van der Waals surface area contributed by atoms with Crippen LogP contribution in [0.3, 0.4) is 0 Å². The number of aromatic carboxylic acids is 1. The lowest BCUT2D eigenvalue weighted by molar-refractivity contribution is 0.0692. The Morgan fingerprint density at radius 2 is 2.10 bits per heavy atom. The molecule has 1 aliphatic heterocycles. The van der Waals surface area contributed by atoms with Crippen LogP contribution in [-0.2, 0) is 0 Å². The quantitative estimate of drug-likeness (QED) is 0.777. The van der Waals surface area contributed by atoms with Crippen LogP contribution >= 0.6 is 0 Å². The van der Waals surface area contributed by atoms with Gasteiger partial charge in [0.05, 0.1) is 5.69 Å². The van der Waals surface area contributed by atoms with Crippen molar-refractivity contribution in [2.45, 2.75) is 27.2 Å². The minimum atomic E-state index is -1.07. The van der Waals surface area contributed by atoms with E-state index in [2.05, 4.69) is 24.1 Å². The van der Waals surface area contributed by atoms with E-state index in [1.165, 1.54) is 0 Å². The molecule has 2 heterocycles. The average molecular weight is 279 g/mol. The maximum absolute atomic E-state index is 12.2. The van der Waals surface area contributed by atoms with Crippen molar-refractivity contribution < 1.29 is 14.7 Å². The standard InChI is InChI=1S/C14H21N3O3/c1-8-4-5-17(7-9(8)2)14(20)16-11-6-10(3)15-12(11)13(18)19/h6,8-9,15H,4-5,7H2,1-3H3,(H,16,20)(H,18,19). The smallest absolute Gasteiger partial charge is 0.354 e. The number of hydrogen-bond donors (Lipinski definition) is 3. The van der Waals surface area contributed by atoms with Crippen LogP contribution in [0.2, 0.25) is 0 Å². The fraction of sp³-hybridized carbons (Fsp3) is 0.571. The maximum atomic E-state index is 12.2. The molecule has 6 nitrogen and oxygen atoms in total. The van der Waals surface area contributed by atoms with Crippen LogP contribution in [0, 0.1) is 18.8 Å². The second kappa shape index (κ2) is 5.56. The number of rotatable bonds is 2. The van der Waals surface area contributed by atoms with E-state index in [9.17, 15) is 9.59 Å². The fourth-order valence-electron chi connectivity index (χ4n) is 2.50. The molecule has 1 aliphatic rings. The summed E-state index contributed by atoms with van der Waals surface area (Å²) < 4.78 is 0. The Morgan fingerprint density at radius 3 is 2.70 bits per heavy atom. The molecule has 1 aromatic rings. The van der Waals surface area contributed by atoms with Crippen LogP contribution in [0.1, 0.15) is 36.5 Å². The molecule has 2 rings (SSSR count). The van der Waals surface area contributed by atoms with Crippen molar-refractivity contribution in [1.29, 1.82) is 0 Å². The van der Waals surface area contributed by atoms with Gasteiger partial charge in [0.15, 0.2) is 0 Å². The van der Waals surface area contributed by atoms with Gasteiger partial charge in [-0.3, -0.25) is 0 Å². The number of likely N-dealkylation sites (tertiary alicyclic amines) is 1. The molecule has 1 saturated heterocycles. The maximum Gasteiger partial charge on any atom is 0.354 e. The Morgan fingerprint density at radius 1 is 1.40 bits per heavy atom. The fourth-order valence-corrected chi connectivity index (χ4v) is 2.50. The number of aryl methyl sites for hydroxylation is 1. The molecule has 2 amide bonds. The lowest BCUT2D eigenvalue weighted by atomic mass is 9.89. The Labute approximate surface area is 118 Å². The Balaban J connectivity index is 2.07. The number of anilines is 1. The number of nitrogens with zero attached hydrogens (tertiary/aromatic N) is 1. The summed E-state index contributed by atoms with van der Waals surface area (Å²) in [4.78, 5) is 27.8. The summed E-state index contributed by atoms with van der Waals surface area (Å²) in [6, 6.07) is 1.41. The van der Waals surface area contributed by atoms with Crippen molar-refractivity contribution in [3.05, 3.63) is 17.5 Å². The third-order valence-electron chi connectivity index (χ3n) is 4.03. The van der Waals surface area contributed by atoms with Gasteiger partial charge in [-0.15, -0.1) is 0 Å². The molecule has 2 unspecified atom stereocenters. The number of hydrogen-bond acceptors (Lipinski definition) is 2. The van der Waals surface area contributed by atoms with Crippen LogP contribution in [0.4, 0.5) is 10.5 Å². The zero-order chi connectivity index (χ0) is 14.9. The Kier molecular flexibility index (Phi) is 4.01. The largest absolute Gasteiger partial charge is 0.477 e. The molecule has 0 bridgehead atoms. The van der Waals surface area contributed by atoms with E-state index >= 15 is 0 Å². The van der Waals surface area contributed by atoms with E-state index in [1.54, 1.807) is 17.9 Å². The third-order valence-corrected chi connectivity index (χ3v) is 4.03. The van der Waals surface area contributed by atoms with Gasteiger partial charge < -0.3 is 20.3 Å². The van der Waals surface area contributed by atoms with E-state index in [-0.39, 0.29) is 11.7 Å². The Hall–Kier alpha value is -1.98. The summed E-state index contributed by atoms with van der Waals surface area (Å²) in [6.07, 6.45) is 0.979. The number of amides is 2. The van der Waals surface area contributed by atoms with Crippen LogP contribution in [0.5, 0.6) is 0 Å². The van der Waals surface area contributed by atoms with Crippen LogP contribution in [0.25, 0.3) is 0 Å². The summed E-state index contributed by atoms with van der Waals surface area (Å²) in [7, 11) is 0. The molecular weight excluding hydrogens is 258 g/mol. The molecule has 110 valence electrons. The number of carbonyl (C=O) groups excluding carboxylic acids is 1. The highest BCUT2D eigenvalue weighted by molar-refractivity contribution is 5.99. The van der Waals surface area contributed by atoms with E-state index in [1.807, 2.05) is 0 Å². The molecule has 0 saturated carbocycles. The number of aromatic nitrogens is 1. The van der Waals surface area contributed by atoms with E-state index in [4.69, 9.17) is 5.11 Å². The van der Waals surface area contributed by atoms with Crippen molar-refractivity contribution in [3.63, 3.8) is 0 Å². The zero-order valence-corrected chi connectivity index (χ0v) is 12.1. The first kappa shape index (κ1) is 14.4. The number of H-pyrrole nitrogens is 1. The van der Waals surface area contributed by atoms with Gasteiger partial charge in [-0.2, -0.15) is 0 Å². The van der Waals surface area contributed by atoms with E-state index in [0.717, 1.165) is 6.42 Å². The number of carboxylic acid groups (broad SMARTS) is 1. The molecule has 0 radical (unpaired) electrons. The van der Waals surface area contributed by atoms with Gasteiger partial charge in [0, 0.05) is 18.8 Å². The van der Waals surface area contributed by atoms with Crippen LogP contribution in [-0.4, -0.2) is 40.1 Å². The van der Waals surface area contributed by atoms with Gasteiger partial charge in [0.2, 0.25) is 0 Å². The van der Waals surface area contributed by atoms with Gasteiger partial charge in [0.1, 0.15) is 5.69 Å². The lowest BCUT2D eigenvalue weighted by Gasteiger charge is -2.35. The second-order valence-corrected chi connectivity index (χ2v) is 5.67. The van der Waals surface area contributed by atoms with Gasteiger partial charge in [-0.1, -0.05) is 13.8 Å². The normalized spacial score (nSPS) is 22.6. The highest BCUT2D eigenvalue weighted by Gasteiger charge is 2.26. The highest BCUT2D eigenvalue weighted by Crippen LogP contribution is 2.24. The molecule has 3 N–H and O–H groups in total. The first-order valence-electron chi connectivity index (χ1n) is 6.87. The molecule has 1 aromatic heterocycles. The van der Waals surface area contributed by atoms with Crippen molar-refractivity contribution in [2.75, 3.05) is 18.4 Å². The summed E-state index contributed by atoms with van der Waals surface area (Å²) >= 11 is 0. The van der Waals surface area contributed by atoms with Gasteiger partial charge in [-0.25, -0.2) is 9.59 Å². The summed E-state index contributed by atoms with van der Waals surface area (Å²) in [5, 5.41) is 11.8. The van der Waals surface area contributed by atoms with Gasteiger partial charge >= 0.3 is 12.0 Å². The van der Waals surface area contributed by atoms with Crippen LogP contribution in [0.15, 0.2) is 6.07 Å². The minimum absolute atomic E-state index is 0.0225. The van der Waals surface area contributed by atoms with Gasteiger partial charge in [-0.05, 0) is 31.2 Å². The highest BCUT2D eigenvalue weighted by atomic mass is 16.4. The molecule has 0 spiro atoms. The molecule has 2 atom stereocenters. The van der Waals surface area contributed by atoms with Crippen molar-refractivity contribution in [3.8, 4) is 0 Å². The summed E-state index contributed by atoms with van der Waals surface area (Å²) in [6.45, 7) is 7.50. The average Bonchev–Trinajstić information content (AvgIpc) is 2.73. The number of aromatic amines is 1. The molecule has 20 heavy (non-hydrogen) atoms. The topological polar surface area (TPSA) is 85.4 Å². The number of nitrogens with one attached hydrogen (secondary N) is 2. The predicted molar refractivity (Wildman–Crippen MR) is 76.0 cm³/mol.